The van der Waals surface area contributed by atoms with Crippen LogP contribution in [0.1, 0.15) is 36.8 Å². The lowest BCUT2D eigenvalue weighted by Crippen LogP contribution is -2.04. The fourth-order valence-corrected chi connectivity index (χ4v) is 3.42. The van der Waals surface area contributed by atoms with Crippen LogP contribution in [0.25, 0.3) is 0 Å². The predicted octanol–water partition coefficient (Wildman–Crippen LogP) is 4.49. The van der Waals surface area contributed by atoms with E-state index < -0.39 is 6.17 Å². The van der Waals surface area contributed by atoms with E-state index in [2.05, 4.69) is 36.4 Å². The zero-order valence-electron chi connectivity index (χ0n) is 10.8. The Morgan fingerprint density at radius 3 is 2.44 bits per heavy atom. The van der Waals surface area contributed by atoms with Crippen molar-refractivity contribution in [1.82, 2.24) is 0 Å². The van der Waals surface area contributed by atoms with E-state index in [4.69, 9.17) is 0 Å². The molecule has 1 heteroatoms. The lowest BCUT2D eigenvalue weighted by molar-refractivity contribution is 0.296. The molecule has 1 unspecified atom stereocenters. The van der Waals surface area contributed by atoms with Crippen LogP contribution in [-0.4, -0.2) is 6.17 Å². The Labute approximate surface area is 109 Å². The summed E-state index contributed by atoms with van der Waals surface area (Å²) in [4.78, 5) is 0. The maximum absolute atomic E-state index is 13.5. The number of alkyl halides is 1. The van der Waals surface area contributed by atoms with Gasteiger partial charge in [-0.15, -0.1) is 0 Å². The summed E-state index contributed by atoms with van der Waals surface area (Å²) in [6, 6.07) is 8.74. The predicted molar refractivity (Wildman–Crippen MR) is 73.3 cm³/mol. The lowest BCUT2D eigenvalue weighted by atomic mass is 9.99. The second-order valence-corrected chi connectivity index (χ2v) is 5.82. The smallest absolute Gasteiger partial charge is 0.106 e. The molecular weight excluding hydrogens is 223 g/mol. The van der Waals surface area contributed by atoms with Gasteiger partial charge in [0.25, 0.3) is 0 Å². The summed E-state index contributed by atoms with van der Waals surface area (Å²) < 4.78 is 13.5. The minimum absolute atomic E-state index is 0.203. The van der Waals surface area contributed by atoms with Crippen LogP contribution in [0.4, 0.5) is 4.39 Å². The minimum Gasteiger partial charge on any atom is -0.247 e. The second kappa shape index (κ2) is 5.26. The van der Waals surface area contributed by atoms with Crippen LogP contribution in [0, 0.1) is 11.8 Å². The molecular formula is C17H21F. The topological polar surface area (TPSA) is 0 Å². The highest BCUT2D eigenvalue weighted by Gasteiger charge is 2.24. The van der Waals surface area contributed by atoms with Gasteiger partial charge in [0.1, 0.15) is 6.17 Å². The van der Waals surface area contributed by atoms with Gasteiger partial charge in [-0.3, -0.25) is 0 Å². The van der Waals surface area contributed by atoms with Crippen molar-refractivity contribution in [2.24, 2.45) is 11.8 Å². The molecule has 3 rings (SSSR count). The Kier molecular flexibility index (Phi) is 3.49. The van der Waals surface area contributed by atoms with Gasteiger partial charge < -0.3 is 0 Å². The molecule has 0 amide bonds. The molecule has 0 spiro atoms. The SMILES string of the molecule is F[C@H]1CCCC1/C=C/CC1Cc2ccccc2C1. The molecule has 0 N–H and O–H groups in total. The van der Waals surface area contributed by atoms with Crippen LogP contribution in [0.5, 0.6) is 0 Å². The number of benzene rings is 1. The fourth-order valence-electron chi connectivity index (χ4n) is 3.42. The van der Waals surface area contributed by atoms with Gasteiger partial charge in [0.05, 0.1) is 0 Å². The third-order valence-electron chi connectivity index (χ3n) is 4.47. The first kappa shape index (κ1) is 12.0. The number of hydrogen-bond acceptors (Lipinski definition) is 0. The number of halogens is 1. The molecule has 0 saturated heterocycles. The standard InChI is InChI=1S/C17H21F/c18-17-10-4-9-14(17)8-3-5-13-11-15-6-1-2-7-16(15)12-13/h1-3,6-8,13-14,17H,4-5,9-12H2/b8-3+/t14?,17-/m0/s1. The van der Waals surface area contributed by atoms with Crippen LogP contribution in [0.15, 0.2) is 36.4 Å². The zero-order chi connectivity index (χ0) is 12.4. The van der Waals surface area contributed by atoms with E-state index in [0.29, 0.717) is 0 Å². The summed E-state index contributed by atoms with van der Waals surface area (Å²) in [5.41, 5.74) is 3.03. The van der Waals surface area contributed by atoms with Crippen molar-refractivity contribution >= 4 is 0 Å². The average Bonchev–Trinajstić information content (AvgIpc) is 2.96. The maximum atomic E-state index is 13.5. The van der Waals surface area contributed by atoms with Gasteiger partial charge in [-0.2, -0.15) is 0 Å². The van der Waals surface area contributed by atoms with Crippen molar-refractivity contribution in [1.29, 1.82) is 0 Å². The van der Waals surface area contributed by atoms with Gasteiger partial charge in [-0.1, -0.05) is 36.4 Å². The first-order valence-corrected chi connectivity index (χ1v) is 7.20. The molecule has 0 aromatic heterocycles. The van der Waals surface area contributed by atoms with Crippen molar-refractivity contribution in [3.05, 3.63) is 47.5 Å². The highest BCUT2D eigenvalue weighted by molar-refractivity contribution is 5.32. The molecule has 0 nitrogen and oxygen atoms in total. The summed E-state index contributed by atoms with van der Waals surface area (Å²) in [5.74, 6) is 0.937. The molecule has 0 aliphatic heterocycles. The molecule has 2 atom stereocenters. The number of hydrogen-bond donors (Lipinski definition) is 0. The summed E-state index contributed by atoms with van der Waals surface area (Å²) in [7, 11) is 0. The Morgan fingerprint density at radius 1 is 1.11 bits per heavy atom. The van der Waals surface area contributed by atoms with Gasteiger partial charge in [0, 0.05) is 5.92 Å². The van der Waals surface area contributed by atoms with Gasteiger partial charge >= 0.3 is 0 Å². The van der Waals surface area contributed by atoms with E-state index in [1.165, 1.54) is 24.0 Å². The van der Waals surface area contributed by atoms with Crippen molar-refractivity contribution < 1.29 is 4.39 Å². The number of allylic oxidation sites excluding steroid dienone is 2. The van der Waals surface area contributed by atoms with Crippen molar-refractivity contribution in [3.8, 4) is 0 Å². The van der Waals surface area contributed by atoms with Gasteiger partial charge in [0.2, 0.25) is 0 Å². The van der Waals surface area contributed by atoms with Crippen LogP contribution in [-0.2, 0) is 12.8 Å². The van der Waals surface area contributed by atoms with E-state index in [1.807, 2.05) is 0 Å². The molecule has 18 heavy (non-hydrogen) atoms. The maximum Gasteiger partial charge on any atom is 0.106 e. The van der Waals surface area contributed by atoms with Crippen LogP contribution in [0.2, 0.25) is 0 Å². The van der Waals surface area contributed by atoms with E-state index >= 15 is 0 Å². The summed E-state index contributed by atoms with van der Waals surface area (Å²) in [6.45, 7) is 0. The minimum atomic E-state index is -0.581. The number of rotatable bonds is 3. The van der Waals surface area contributed by atoms with E-state index in [0.717, 1.165) is 31.6 Å². The Bertz CT molecular complexity index is 410. The lowest BCUT2D eigenvalue weighted by Gasteiger charge is -2.08. The molecule has 0 bridgehead atoms. The normalized spacial score (nSPS) is 28.1. The van der Waals surface area contributed by atoms with Gasteiger partial charge in [-0.25, -0.2) is 4.39 Å². The van der Waals surface area contributed by atoms with Gasteiger partial charge in [-0.05, 0) is 55.6 Å². The molecule has 1 aromatic carbocycles. The Balaban J connectivity index is 1.52. The molecule has 1 saturated carbocycles. The first-order valence-electron chi connectivity index (χ1n) is 7.20. The molecule has 96 valence electrons. The van der Waals surface area contributed by atoms with Crippen molar-refractivity contribution in [2.45, 2.75) is 44.7 Å². The molecule has 2 aliphatic rings. The molecule has 2 aliphatic carbocycles. The average molecular weight is 244 g/mol. The summed E-state index contributed by atoms with van der Waals surface area (Å²) in [5, 5.41) is 0. The Hall–Kier alpha value is -1.11. The first-order chi connectivity index (χ1) is 8.83. The third kappa shape index (κ3) is 2.50. The van der Waals surface area contributed by atoms with E-state index in [9.17, 15) is 4.39 Å². The monoisotopic (exact) mass is 244 g/mol. The largest absolute Gasteiger partial charge is 0.247 e. The van der Waals surface area contributed by atoms with Crippen LogP contribution < -0.4 is 0 Å². The number of fused-ring (bicyclic) bond motifs is 1. The molecule has 0 heterocycles. The highest BCUT2D eigenvalue weighted by atomic mass is 19.1. The van der Waals surface area contributed by atoms with E-state index in [1.54, 1.807) is 0 Å². The van der Waals surface area contributed by atoms with Crippen LogP contribution in [0.3, 0.4) is 0 Å². The molecule has 1 fully saturated rings. The summed E-state index contributed by atoms with van der Waals surface area (Å²) in [6.07, 6.45) is 10.2. The summed E-state index contributed by atoms with van der Waals surface area (Å²) >= 11 is 0. The van der Waals surface area contributed by atoms with Gasteiger partial charge in [0.15, 0.2) is 0 Å². The second-order valence-electron chi connectivity index (χ2n) is 5.82. The van der Waals surface area contributed by atoms with Crippen LogP contribution >= 0.6 is 0 Å². The zero-order valence-corrected chi connectivity index (χ0v) is 10.8. The fraction of sp³-hybridized carbons (Fsp3) is 0.529. The van der Waals surface area contributed by atoms with Crippen molar-refractivity contribution in [2.75, 3.05) is 0 Å². The highest BCUT2D eigenvalue weighted by Crippen LogP contribution is 2.31. The third-order valence-corrected chi connectivity index (χ3v) is 4.47. The molecule has 0 radical (unpaired) electrons. The quantitative estimate of drug-likeness (QED) is 0.687. The Morgan fingerprint density at radius 2 is 1.83 bits per heavy atom. The van der Waals surface area contributed by atoms with Crippen molar-refractivity contribution in [3.63, 3.8) is 0 Å². The molecule has 1 aromatic rings. The van der Waals surface area contributed by atoms with E-state index in [-0.39, 0.29) is 5.92 Å².